The molecule has 2 nitrogen and oxygen atoms in total. The Bertz CT molecular complexity index is 413. The highest BCUT2D eigenvalue weighted by Gasteiger charge is 2.05. The molecule has 14 heavy (non-hydrogen) atoms. The van der Waals surface area contributed by atoms with Gasteiger partial charge in [-0.1, -0.05) is 27.8 Å². The predicted octanol–water partition coefficient (Wildman–Crippen LogP) is 2.34. The second-order valence-corrected chi connectivity index (χ2v) is 3.28. The summed E-state index contributed by atoms with van der Waals surface area (Å²) in [5.41, 5.74) is 1.04. The lowest BCUT2D eigenvalue weighted by Crippen LogP contribution is -1.93. The van der Waals surface area contributed by atoms with E-state index in [1.165, 1.54) is 13.0 Å². The number of Topliss-reactive ketones (excluding diaryl/α,β-unsaturated/α-hetero) is 1. The van der Waals surface area contributed by atoms with Gasteiger partial charge in [-0.3, -0.25) is 4.79 Å². The number of carbonyl (C=O) groups is 1. The zero-order valence-corrected chi connectivity index (χ0v) is 9.26. The number of alkyl halides is 1. The third kappa shape index (κ3) is 2.61. The van der Waals surface area contributed by atoms with Crippen molar-refractivity contribution >= 4 is 21.7 Å². The fourth-order valence-corrected chi connectivity index (χ4v) is 1.17. The molecule has 0 saturated carbocycles. The molecule has 1 aromatic rings. The maximum Gasteiger partial charge on any atom is 0.163 e. The molecule has 0 heterocycles. The molecule has 0 fully saturated rings. The molecule has 0 atom stereocenters. The Morgan fingerprint density at radius 3 is 2.86 bits per heavy atom. The van der Waals surface area contributed by atoms with Crippen LogP contribution >= 0.6 is 15.9 Å². The van der Waals surface area contributed by atoms with Crippen molar-refractivity contribution in [2.24, 2.45) is 0 Å². The van der Waals surface area contributed by atoms with Gasteiger partial charge in [0.25, 0.3) is 0 Å². The molecule has 1 aromatic carbocycles. The fraction of sp³-hybridized carbons (Fsp3) is 0.182. The molecule has 0 aromatic heterocycles. The van der Waals surface area contributed by atoms with Gasteiger partial charge >= 0.3 is 0 Å². The van der Waals surface area contributed by atoms with Crippen LogP contribution in [0.2, 0.25) is 0 Å². The van der Waals surface area contributed by atoms with E-state index < -0.39 is 0 Å². The van der Waals surface area contributed by atoms with Crippen molar-refractivity contribution in [1.29, 1.82) is 0 Å². The van der Waals surface area contributed by atoms with Crippen molar-refractivity contribution in [1.82, 2.24) is 0 Å². The zero-order chi connectivity index (χ0) is 10.6. The van der Waals surface area contributed by atoms with Crippen LogP contribution < -0.4 is 0 Å². The summed E-state index contributed by atoms with van der Waals surface area (Å²) in [7, 11) is 0. The van der Waals surface area contributed by atoms with E-state index in [0.29, 0.717) is 10.9 Å². The summed E-state index contributed by atoms with van der Waals surface area (Å²) < 4.78 is 0. The van der Waals surface area contributed by atoms with E-state index >= 15 is 0 Å². The molecule has 3 heteroatoms. The minimum Gasteiger partial charge on any atom is -0.507 e. The van der Waals surface area contributed by atoms with E-state index in [4.69, 9.17) is 0 Å². The van der Waals surface area contributed by atoms with Gasteiger partial charge in [-0.15, -0.1) is 0 Å². The summed E-state index contributed by atoms with van der Waals surface area (Å²) in [5.74, 6) is 5.52. The van der Waals surface area contributed by atoms with E-state index in [1.807, 2.05) is 0 Å². The zero-order valence-electron chi connectivity index (χ0n) is 7.67. The molecule has 0 spiro atoms. The molecule has 1 rings (SSSR count). The Hall–Kier alpha value is -1.27. The van der Waals surface area contributed by atoms with Crippen LogP contribution in [0.25, 0.3) is 0 Å². The third-order valence-electron chi connectivity index (χ3n) is 1.68. The molecular formula is C11H9BrO2. The first-order valence-electron chi connectivity index (χ1n) is 4.04. The van der Waals surface area contributed by atoms with Crippen LogP contribution in [-0.2, 0) is 0 Å². The molecule has 72 valence electrons. The van der Waals surface area contributed by atoms with Gasteiger partial charge in [0, 0.05) is 5.56 Å². The van der Waals surface area contributed by atoms with E-state index in [1.54, 1.807) is 12.1 Å². The van der Waals surface area contributed by atoms with Crippen LogP contribution in [-0.4, -0.2) is 16.2 Å². The van der Waals surface area contributed by atoms with Crippen molar-refractivity contribution in [3.05, 3.63) is 29.3 Å². The number of hydrogen-bond acceptors (Lipinski definition) is 2. The highest BCUT2D eigenvalue weighted by Crippen LogP contribution is 2.18. The summed E-state index contributed by atoms with van der Waals surface area (Å²) >= 11 is 3.18. The molecule has 0 radical (unpaired) electrons. The van der Waals surface area contributed by atoms with Crippen molar-refractivity contribution in [3.63, 3.8) is 0 Å². The van der Waals surface area contributed by atoms with Crippen LogP contribution in [0.1, 0.15) is 22.8 Å². The quantitative estimate of drug-likeness (QED) is 0.474. The molecule has 0 saturated heterocycles. The standard InChI is InChI=1S/C11H9BrO2/c1-8(13)10-7-9(3-2-6-12)4-5-11(10)14/h4-5,7,14H,6H2,1H3. The number of halogens is 1. The fourth-order valence-electron chi connectivity index (χ4n) is 1.03. The van der Waals surface area contributed by atoms with Gasteiger partial charge in [0.2, 0.25) is 0 Å². The number of rotatable bonds is 1. The number of phenolic OH excluding ortho intramolecular Hbond substituents is 1. The smallest absolute Gasteiger partial charge is 0.163 e. The van der Waals surface area contributed by atoms with Crippen LogP contribution in [0.15, 0.2) is 18.2 Å². The lowest BCUT2D eigenvalue weighted by atomic mass is 10.1. The van der Waals surface area contributed by atoms with Crippen LogP contribution in [0.4, 0.5) is 0 Å². The number of ketones is 1. The molecule has 1 N–H and O–H groups in total. The average molecular weight is 253 g/mol. The lowest BCUT2D eigenvalue weighted by molar-refractivity contribution is 0.101. The van der Waals surface area contributed by atoms with Crippen LogP contribution in [0.5, 0.6) is 5.75 Å². The second kappa shape index (κ2) is 4.83. The average Bonchev–Trinajstić information content (AvgIpc) is 2.16. The van der Waals surface area contributed by atoms with Gasteiger partial charge in [-0.25, -0.2) is 0 Å². The number of hydrogen-bond donors (Lipinski definition) is 1. The number of carbonyl (C=O) groups excluding carboxylic acids is 1. The van der Waals surface area contributed by atoms with E-state index in [-0.39, 0.29) is 11.5 Å². The van der Waals surface area contributed by atoms with Gasteiger partial charge in [-0.05, 0) is 25.1 Å². The molecule has 0 aliphatic rings. The number of aromatic hydroxyl groups is 1. The van der Waals surface area contributed by atoms with Gasteiger partial charge in [0.15, 0.2) is 5.78 Å². The maximum atomic E-state index is 11.1. The summed E-state index contributed by atoms with van der Waals surface area (Å²) in [5, 5.41) is 9.94. The second-order valence-electron chi connectivity index (χ2n) is 2.72. The van der Waals surface area contributed by atoms with Crippen molar-refractivity contribution in [3.8, 4) is 17.6 Å². The minimum absolute atomic E-state index is 0.00175. The Kier molecular flexibility index (Phi) is 3.73. The maximum absolute atomic E-state index is 11.1. The van der Waals surface area contributed by atoms with Crippen molar-refractivity contribution in [2.75, 3.05) is 5.33 Å². The van der Waals surface area contributed by atoms with Crippen LogP contribution in [0.3, 0.4) is 0 Å². The third-order valence-corrected chi connectivity index (χ3v) is 1.96. The molecule has 0 unspecified atom stereocenters. The topological polar surface area (TPSA) is 37.3 Å². The highest BCUT2D eigenvalue weighted by molar-refractivity contribution is 9.09. The molecule has 0 aliphatic carbocycles. The summed E-state index contributed by atoms with van der Waals surface area (Å²) in [6, 6.07) is 4.75. The Balaban J connectivity index is 3.13. The van der Waals surface area contributed by atoms with Gasteiger partial charge in [-0.2, -0.15) is 0 Å². The van der Waals surface area contributed by atoms with E-state index in [2.05, 4.69) is 27.8 Å². The normalized spacial score (nSPS) is 9.00. The van der Waals surface area contributed by atoms with Gasteiger partial charge in [0.1, 0.15) is 5.75 Å². The van der Waals surface area contributed by atoms with E-state index in [0.717, 1.165) is 5.56 Å². The Morgan fingerprint density at radius 2 is 2.29 bits per heavy atom. The minimum atomic E-state index is -0.162. The Morgan fingerprint density at radius 1 is 1.57 bits per heavy atom. The molecule has 0 amide bonds. The largest absolute Gasteiger partial charge is 0.507 e. The number of phenols is 1. The van der Waals surface area contributed by atoms with Crippen molar-refractivity contribution < 1.29 is 9.90 Å². The summed E-state index contributed by atoms with van der Waals surface area (Å²) in [6.45, 7) is 1.41. The number of benzene rings is 1. The van der Waals surface area contributed by atoms with E-state index in [9.17, 15) is 9.90 Å². The molecular weight excluding hydrogens is 244 g/mol. The van der Waals surface area contributed by atoms with Crippen LogP contribution in [0, 0.1) is 11.8 Å². The van der Waals surface area contributed by atoms with Gasteiger partial charge in [0.05, 0.1) is 10.9 Å². The first-order chi connectivity index (χ1) is 6.65. The van der Waals surface area contributed by atoms with Crippen molar-refractivity contribution in [2.45, 2.75) is 6.92 Å². The Labute approximate surface area is 91.1 Å². The predicted molar refractivity (Wildman–Crippen MR) is 58.8 cm³/mol. The summed E-state index contributed by atoms with van der Waals surface area (Å²) in [6.07, 6.45) is 0. The first-order valence-corrected chi connectivity index (χ1v) is 5.16. The lowest BCUT2D eigenvalue weighted by Gasteiger charge is -2.00. The monoisotopic (exact) mass is 252 g/mol. The summed E-state index contributed by atoms with van der Waals surface area (Å²) in [4.78, 5) is 11.1. The molecule has 0 bridgehead atoms. The first kappa shape index (κ1) is 10.8. The highest BCUT2D eigenvalue weighted by atomic mass is 79.9. The molecule has 0 aliphatic heterocycles. The van der Waals surface area contributed by atoms with Gasteiger partial charge < -0.3 is 5.11 Å². The SMILES string of the molecule is CC(=O)c1cc(C#CCBr)ccc1O.